The Labute approximate surface area is 144 Å². The molecular formula is C19H30O5. The molecule has 0 spiro atoms. The summed E-state index contributed by atoms with van der Waals surface area (Å²) in [5.41, 5.74) is 0.552. The van der Waals surface area contributed by atoms with Crippen molar-refractivity contribution in [3.05, 3.63) is 12.2 Å². The molecule has 1 aliphatic heterocycles. The number of aliphatic carboxylic acids is 1. The average molecular weight is 338 g/mol. The number of rotatable bonds is 13. The molecule has 0 aromatic carbocycles. The SMILES string of the molecule is C=C1CC1CC(CCCCCCCC1(C(=O)OCC)CO1)C(=O)O. The van der Waals surface area contributed by atoms with Crippen molar-refractivity contribution in [3.8, 4) is 0 Å². The lowest BCUT2D eigenvalue weighted by atomic mass is 9.94. The minimum absolute atomic E-state index is 0.221. The molecule has 1 saturated heterocycles. The fourth-order valence-electron chi connectivity index (χ4n) is 3.24. The summed E-state index contributed by atoms with van der Waals surface area (Å²) in [6, 6.07) is 0. The molecule has 0 aromatic rings. The third-order valence-electron chi connectivity index (χ3n) is 5.12. The molecule has 2 rings (SSSR count). The summed E-state index contributed by atoms with van der Waals surface area (Å²) in [5.74, 6) is -0.669. The number of carboxylic acid groups (broad SMARTS) is 1. The summed E-state index contributed by atoms with van der Waals surface area (Å²) in [5, 5.41) is 9.28. The fourth-order valence-corrected chi connectivity index (χ4v) is 3.24. The van der Waals surface area contributed by atoms with E-state index < -0.39 is 11.6 Å². The predicted octanol–water partition coefficient (Wildman–Crippen LogP) is 3.72. The van der Waals surface area contributed by atoms with E-state index in [0.29, 0.717) is 19.1 Å². The van der Waals surface area contributed by atoms with Gasteiger partial charge in [0.05, 0.1) is 19.1 Å². The van der Waals surface area contributed by atoms with Crippen LogP contribution in [0, 0.1) is 11.8 Å². The number of ether oxygens (including phenoxy) is 2. The molecule has 1 heterocycles. The Morgan fingerprint density at radius 1 is 1.33 bits per heavy atom. The number of hydrogen-bond donors (Lipinski definition) is 1. The highest BCUT2D eigenvalue weighted by Gasteiger charge is 2.52. The van der Waals surface area contributed by atoms with Gasteiger partial charge < -0.3 is 14.6 Å². The first kappa shape index (κ1) is 19.0. The van der Waals surface area contributed by atoms with E-state index in [9.17, 15) is 14.7 Å². The van der Waals surface area contributed by atoms with E-state index in [1.165, 1.54) is 5.57 Å². The highest BCUT2D eigenvalue weighted by molar-refractivity contribution is 5.82. The minimum Gasteiger partial charge on any atom is -0.481 e. The second-order valence-corrected chi connectivity index (χ2v) is 7.14. The molecule has 2 aliphatic rings. The van der Waals surface area contributed by atoms with Crippen LogP contribution in [0.25, 0.3) is 0 Å². The number of carboxylic acids is 1. The van der Waals surface area contributed by atoms with Gasteiger partial charge in [-0.25, -0.2) is 4.79 Å². The van der Waals surface area contributed by atoms with Crippen LogP contribution in [0.4, 0.5) is 0 Å². The van der Waals surface area contributed by atoms with Crippen molar-refractivity contribution < 1.29 is 24.2 Å². The van der Waals surface area contributed by atoms with E-state index in [-0.39, 0.29) is 11.9 Å². The van der Waals surface area contributed by atoms with Gasteiger partial charge in [0, 0.05) is 0 Å². The highest BCUT2D eigenvalue weighted by atomic mass is 16.6. The number of unbranched alkanes of at least 4 members (excludes halogenated alkanes) is 4. The lowest BCUT2D eigenvalue weighted by Gasteiger charge is -2.12. The first-order valence-electron chi connectivity index (χ1n) is 9.20. The predicted molar refractivity (Wildman–Crippen MR) is 90.6 cm³/mol. The monoisotopic (exact) mass is 338 g/mol. The van der Waals surface area contributed by atoms with Gasteiger partial charge in [-0.1, -0.05) is 37.8 Å². The molecule has 0 bridgehead atoms. The standard InChI is InChI=1S/C19H30O5/c1-3-23-18(22)19(13-24-19)10-8-6-4-5-7-9-15(17(20)21)12-16-11-14(16)2/h15-16H,2-13H2,1H3,(H,20,21). The van der Waals surface area contributed by atoms with E-state index in [2.05, 4.69) is 6.58 Å². The van der Waals surface area contributed by atoms with Gasteiger partial charge in [0.25, 0.3) is 0 Å². The molecule has 24 heavy (non-hydrogen) atoms. The second kappa shape index (κ2) is 8.65. The van der Waals surface area contributed by atoms with Gasteiger partial charge in [0.15, 0.2) is 5.60 Å². The van der Waals surface area contributed by atoms with Gasteiger partial charge in [0.2, 0.25) is 0 Å². The maximum atomic E-state index is 11.7. The van der Waals surface area contributed by atoms with Gasteiger partial charge in [-0.2, -0.15) is 0 Å². The van der Waals surface area contributed by atoms with Crippen LogP contribution in [0.15, 0.2) is 12.2 Å². The number of esters is 1. The van der Waals surface area contributed by atoms with Gasteiger partial charge in [-0.3, -0.25) is 4.79 Å². The normalized spacial score (nSPS) is 26.0. The lowest BCUT2D eigenvalue weighted by molar-refractivity contribution is -0.149. The Bertz CT molecular complexity index is 466. The van der Waals surface area contributed by atoms with Crippen LogP contribution in [0.3, 0.4) is 0 Å². The Morgan fingerprint density at radius 2 is 1.96 bits per heavy atom. The summed E-state index contributed by atoms with van der Waals surface area (Å²) in [6.45, 7) is 6.58. The van der Waals surface area contributed by atoms with Crippen molar-refractivity contribution in [1.82, 2.24) is 0 Å². The number of carbonyl (C=O) groups excluding carboxylic acids is 1. The van der Waals surface area contributed by atoms with Crippen molar-refractivity contribution >= 4 is 11.9 Å². The van der Waals surface area contributed by atoms with Crippen LogP contribution in [-0.2, 0) is 19.1 Å². The van der Waals surface area contributed by atoms with Crippen LogP contribution >= 0.6 is 0 Å². The third kappa shape index (κ3) is 5.62. The number of allylic oxidation sites excluding steroid dienone is 1. The van der Waals surface area contributed by atoms with Crippen molar-refractivity contribution in [1.29, 1.82) is 0 Å². The molecular weight excluding hydrogens is 308 g/mol. The van der Waals surface area contributed by atoms with E-state index >= 15 is 0 Å². The Kier molecular flexibility index (Phi) is 6.84. The average Bonchev–Trinajstić information content (AvgIpc) is 3.44. The first-order valence-corrected chi connectivity index (χ1v) is 9.20. The molecule has 136 valence electrons. The molecule has 3 unspecified atom stereocenters. The summed E-state index contributed by atoms with van der Waals surface area (Å²) < 4.78 is 10.3. The Hall–Kier alpha value is -1.36. The van der Waals surface area contributed by atoms with Crippen molar-refractivity contribution in [3.63, 3.8) is 0 Å². The lowest BCUT2D eigenvalue weighted by Crippen LogP contribution is -2.27. The third-order valence-corrected chi connectivity index (χ3v) is 5.12. The van der Waals surface area contributed by atoms with Gasteiger partial charge in [-0.05, 0) is 44.9 Å². The number of carbonyl (C=O) groups is 2. The Morgan fingerprint density at radius 3 is 2.50 bits per heavy atom. The fraction of sp³-hybridized carbons (Fsp3) is 0.789. The zero-order valence-electron chi connectivity index (χ0n) is 14.7. The molecule has 5 heteroatoms. The second-order valence-electron chi connectivity index (χ2n) is 7.14. The summed E-state index contributed by atoms with van der Waals surface area (Å²) in [4.78, 5) is 23.0. The van der Waals surface area contributed by atoms with E-state index in [0.717, 1.165) is 57.8 Å². The molecule has 0 radical (unpaired) electrons. The first-order chi connectivity index (χ1) is 11.5. The summed E-state index contributed by atoms with van der Waals surface area (Å²) in [7, 11) is 0. The summed E-state index contributed by atoms with van der Waals surface area (Å²) >= 11 is 0. The minimum atomic E-state index is -0.669. The number of epoxide rings is 1. The maximum absolute atomic E-state index is 11.7. The summed E-state index contributed by atoms with van der Waals surface area (Å²) in [6.07, 6.45) is 8.31. The van der Waals surface area contributed by atoms with Crippen LogP contribution in [0.5, 0.6) is 0 Å². The molecule has 3 atom stereocenters. The van der Waals surface area contributed by atoms with E-state index in [1.807, 2.05) is 0 Å². The van der Waals surface area contributed by atoms with Gasteiger partial charge in [0.1, 0.15) is 0 Å². The molecule has 0 aromatic heterocycles. The van der Waals surface area contributed by atoms with Crippen LogP contribution in [0.2, 0.25) is 0 Å². The number of hydrogen-bond acceptors (Lipinski definition) is 4. The maximum Gasteiger partial charge on any atom is 0.340 e. The topological polar surface area (TPSA) is 76.1 Å². The van der Waals surface area contributed by atoms with E-state index in [4.69, 9.17) is 9.47 Å². The molecule has 1 N–H and O–H groups in total. The van der Waals surface area contributed by atoms with Gasteiger partial charge in [-0.15, -0.1) is 0 Å². The van der Waals surface area contributed by atoms with Crippen molar-refractivity contribution in [2.24, 2.45) is 11.8 Å². The van der Waals surface area contributed by atoms with Crippen LogP contribution in [-0.4, -0.2) is 35.9 Å². The molecule has 0 amide bonds. The zero-order valence-corrected chi connectivity index (χ0v) is 14.7. The highest BCUT2D eigenvalue weighted by Crippen LogP contribution is 2.41. The quantitative estimate of drug-likeness (QED) is 0.240. The smallest absolute Gasteiger partial charge is 0.340 e. The molecule has 1 aliphatic carbocycles. The zero-order chi connectivity index (χ0) is 17.6. The van der Waals surface area contributed by atoms with Crippen LogP contribution in [0.1, 0.15) is 64.7 Å². The van der Waals surface area contributed by atoms with E-state index in [1.54, 1.807) is 6.92 Å². The Balaban J connectivity index is 1.51. The van der Waals surface area contributed by atoms with Crippen molar-refractivity contribution in [2.75, 3.05) is 13.2 Å². The molecule has 2 fully saturated rings. The van der Waals surface area contributed by atoms with Gasteiger partial charge >= 0.3 is 11.9 Å². The molecule has 5 nitrogen and oxygen atoms in total. The largest absolute Gasteiger partial charge is 0.481 e. The van der Waals surface area contributed by atoms with Crippen LogP contribution < -0.4 is 0 Å². The molecule has 1 saturated carbocycles. The van der Waals surface area contributed by atoms with Crippen molar-refractivity contribution in [2.45, 2.75) is 70.3 Å².